The average Bonchev–Trinajstić information content (AvgIpc) is 2.65. The zero-order valence-electron chi connectivity index (χ0n) is 16.7. The molecule has 0 aliphatic carbocycles. The predicted octanol–water partition coefficient (Wildman–Crippen LogP) is -2.13. The third kappa shape index (κ3) is 10.4. The molecule has 0 saturated heterocycles. The second kappa shape index (κ2) is 13.1. The van der Waals surface area contributed by atoms with Crippen molar-refractivity contribution in [1.82, 2.24) is 16.0 Å². The summed E-state index contributed by atoms with van der Waals surface area (Å²) in [6.45, 7) is 2.79. The van der Waals surface area contributed by atoms with Crippen LogP contribution in [0.15, 0.2) is 0 Å². The highest BCUT2D eigenvalue weighted by Crippen LogP contribution is 2.08. The van der Waals surface area contributed by atoms with Crippen molar-refractivity contribution in [2.75, 3.05) is 6.54 Å². The van der Waals surface area contributed by atoms with E-state index in [1.165, 1.54) is 0 Å². The Labute approximate surface area is 172 Å². The minimum atomic E-state index is -1.44. The summed E-state index contributed by atoms with van der Waals surface area (Å²) in [4.78, 5) is 68.6. The van der Waals surface area contributed by atoms with Crippen molar-refractivity contribution in [1.29, 1.82) is 0 Å². The van der Waals surface area contributed by atoms with E-state index in [1.807, 2.05) is 0 Å². The molecule has 4 atom stereocenters. The number of amides is 3. The Hall–Kier alpha value is -3.22. The zero-order chi connectivity index (χ0) is 23.4. The number of aliphatic carboxylic acids is 3. The maximum atomic E-state index is 12.4. The van der Waals surface area contributed by atoms with E-state index >= 15 is 0 Å². The Morgan fingerprint density at radius 1 is 0.933 bits per heavy atom. The molecule has 0 saturated carbocycles. The van der Waals surface area contributed by atoms with Crippen molar-refractivity contribution in [3.8, 4) is 0 Å². The quantitative estimate of drug-likeness (QED) is 0.158. The smallest absolute Gasteiger partial charge is 0.326 e. The van der Waals surface area contributed by atoms with E-state index < -0.39 is 73.1 Å². The van der Waals surface area contributed by atoms with Crippen LogP contribution in [0.2, 0.25) is 0 Å². The predicted molar refractivity (Wildman–Crippen MR) is 101 cm³/mol. The molecule has 13 nitrogen and oxygen atoms in total. The minimum absolute atomic E-state index is 0.336. The summed E-state index contributed by atoms with van der Waals surface area (Å²) >= 11 is 0. The number of hydrogen-bond acceptors (Lipinski definition) is 7. The van der Waals surface area contributed by atoms with E-state index in [0.717, 1.165) is 0 Å². The number of nitrogens with one attached hydrogen (secondary N) is 3. The van der Waals surface area contributed by atoms with Gasteiger partial charge in [-0.2, -0.15) is 0 Å². The number of carbonyl (C=O) groups excluding carboxylic acids is 3. The lowest BCUT2D eigenvalue weighted by Crippen LogP contribution is -2.55. The van der Waals surface area contributed by atoms with Gasteiger partial charge in [0.25, 0.3) is 0 Å². The molecule has 0 heterocycles. The van der Waals surface area contributed by atoms with Crippen LogP contribution >= 0.6 is 0 Å². The van der Waals surface area contributed by atoms with Gasteiger partial charge in [-0.15, -0.1) is 0 Å². The fourth-order valence-electron chi connectivity index (χ4n) is 2.29. The largest absolute Gasteiger partial charge is 0.481 e. The molecule has 170 valence electrons. The number of nitrogens with two attached hydrogens (primary N) is 1. The number of hydrogen-bond donors (Lipinski definition) is 7. The van der Waals surface area contributed by atoms with E-state index in [4.69, 9.17) is 21.1 Å². The van der Waals surface area contributed by atoms with Gasteiger partial charge in [0.2, 0.25) is 17.7 Å². The summed E-state index contributed by atoms with van der Waals surface area (Å²) < 4.78 is 0. The van der Waals surface area contributed by atoms with Crippen LogP contribution in [0.5, 0.6) is 0 Å². The monoisotopic (exact) mass is 432 g/mol. The Morgan fingerprint density at radius 3 is 2.00 bits per heavy atom. The zero-order valence-corrected chi connectivity index (χ0v) is 16.7. The van der Waals surface area contributed by atoms with E-state index in [9.17, 15) is 28.8 Å². The van der Waals surface area contributed by atoms with Gasteiger partial charge >= 0.3 is 17.9 Å². The first kappa shape index (κ1) is 26.8. The second-order valence-electron chi connectivity index (χ2n) is 6.68. The third-order valence-corrected chi connectivity index (χ3v) is 4.23. The maximum absolute atomic E-state index is 12.4. The molecule has 0 aromatic carbocycles. The average molecular weight is 432 g/mol. The molecule has 13 heteroatoms. The Kier molecular flexibility index (Phi) is 11.7. The molecule has 0 aromatic heterocycles. The van der Waals surface area contributed by atoms with Crippen molar-refractivity contribution in [3.63, 3.8) is 0 Å². The van der Waals surface area contributed by atoms with Gasteiger partial charge in [0.15, 0.2) is 0 Å². The Balaban J connectivity index is 4.89. The summed E-state index contributed by atoms with van der Waals surface area (Å²) in [6.07, 6.45) is -0.968. The molecule has 0 aliphatic rings. The molecule has 3 amide bonds. The minimum Gasteiger partial charge on any atom is -0.481 e. The SMILES string of the molecule is CCC(C)C(NC(=O)C(N)CC(=O)O)C(=O)NCC(=O)NC(CCC(=O)O)C(=O)O. The molecule has 8 N–H and O–H groups in total. The highest BCUT2D eigenvalue weighted by atomic mass is 16.4. The first-order chi connectivity index (χ1) is 13.9. The maximum Gasteiger partial charge on any atom is 0.326 e. The van der Waals surface area contributed by atoms with Crippen molar-refractivity contribution < 1.29 is 44.1 Å². The lowest BCUT2D eigenvalue weighted by atomic mass is 9.97. The van der Waals surface area contributed by atoms with Crippen molar-refractivity contribution in [3.05, 3.63) is 0 Å². The number of carboxylic acid groups (broad SMARTS) is 3. The highest BCUT2D eigenvalue weighted by Gasteiger charge is 2.29. The van der Waals surface area contributed by atoms with E-state index in [2.05, 4.69) is 16.0 Å². The Bertz CT molecular complexity index is 668. The first-order valence-corrected chi connectivity index (χ1v) is 9.18. The molecule has 0 radical (unpaired) electrons. The van der Waals surface area contributed by atoms with Gasteiger partial charge in [-0.3, -0.25) is 24.0 Å². The second-order valence-corrected chi connectivity index (χ2v) is 6.68. The molecule has 4 unspecified atom stereocenters. The number of carboxylic acids is 3. The molecule has 0 spiro atoms. The van der Waals surface area contributed by atoms with Gasteiger partial charge in [0.1, 0.15) is 12.1 Å². The van der Waals surface area contributed by atoms with Crippen LogP contribution in [-0.4, -0.2) is 75.6 Å². The van der Waals surface area contributed by atoms with Crippen LogP contribution in [0.1, 0.15) is 39.5 Å². The summed E-state index contributed by atoms with van der Waals surface area (Å²) in [5, 5.41) is 33.1. The third-order valence-electron chi connectivity index (χ3n) is 4.23. The Morgan fingerprint density at radius 2 is 1.53 bits per heavy atom. The molecule has 0 bridgehead atoms. The van der Waals surface area contributed by atoms with E-state index in [-0.39, 0.29) is 12.3 Å². The van der Waals surface area contributed by atoms with Crippen LogP contribution in [0.4, 0.5) is 0 Å². The number of rotatable bonds is 14. The summed E-state index contributed by atoms with van der Waals surface area (Å²) in [6, 6.07) is -3.90. The van der Waals surface area contributed by atoms with Crippen LogP contribution < -0.4 is 21.7 Å². The van der Waals surface area contributed by atoms with Crippen LogP contribution in [0.3, 0.4) is 0 Å². The summed E-state index contributed by atoms with van der Waals surface area (Å²) in [5.41, 5.74) is 5.48. The van der Waals surface area contributed by atoms with Gasteiger partial charge in [-0.1, -0.05) is 20.3 Å². The van der Waals surface area contributed by atoms with Crippen LogP contribution in [-0.2, 0) is 28.8 Å². The standard InChI is InChI=1S/C17H28N4O9/c1-3-8(2)14(21-15(27)9(18)6-13(25)26)16(28)19-7-11(22)20-10(17(29)30)4-5-12(23)24/h8-10,14H,3-7,18H2,1-2H3,(H,19,28)(H,20,22)(H,21,27)(H,23,24)(H,25,26)(H,29,30). The molecular formula is C17H28N4O9. The van der Waals surface area contributed by atoms with Crippen LogP contribution in [0, 0.1) is 5.92 Å². The van der Waals surface area contributed by atoms with Gasteiger partial charge in [-0.25, -0.2) is 4.79 Å². The van der Waals surface area contributed by atoms with Gasteiger partial charge in [0, 0.05) is 6.42 Å². The molecule has 30 heavy (non-hydrogen) atoms. The van der Waals surface area contributed by atoms with Crippen molar-refractivity contribution in [2.45, 2.75) is 57.7 Å². The van der Waals surface area contributed by atoms with Gasteiger partial charge in [0.05, 0.1) is 19.0 Å². The fraction of sp³-hybridized carbons (Fsp3) is 0.647. The highest BCUT2D eigenvalue weighted by molar-refractivity contribution is 5.93. The van der Waals surface area contributed by atoms with E-state index in [0.29, 0.717) is 6.42 Å². The summed E-state index contributed by atoms with van der Waals surface area (Å²) in [7, 11) is 0. The molecule has 0 aromatic rings. The van der Waals surface area contributed by atoms with Gasteiger partial charge in [-0.05, 0) is 12.3 Å². The topological polar surface area (TPSA) is 225 Å². The molecule has 0 rings (SSSR count). The molecule has 0 fully saturated rings. The lowest BCUT2D eigenvalue weighted by Gasteiger charge is -2.25. The normalized spacial score (nSPS) is 14.5. The fourth-order valence-corrected chi connectivity index (χ4v) is 2.29. The molecular weight excluding hydrogens is 404 g/mol. The molecule has 0 aliphatic heterocycles. The lowest BCUT2D eigenvalue weighted by molar-refractivity contribution is -0.143. The number of carbonyl (C=O) groups is 6. The summed E-state index contributed by atoms with van der Waals surface area (Å²) in [5.74, 6) is -6.76. The van der Waals surface area contributed by atoms with E-state index in [1.54, 1.807) is 13.8 Å². The van der Waals surface area contributed by atoms with Crippen molar-refractivity contribution >= 4 is 35.6 Å². The van der Waals surface area contributed by atoms with Crippen molar-refractivity contribution in [2.24, 2.45) is 11.7 Å². The van der Waals surface area contributed by atoms with Crippen LogP contribution in [0.25, 0.3) is 0 Å². The first-order valence-electron chi connectivity index (χ1n) is 9.18. The van der Waals surface area contributed by atoms with Gasteiger partial charge < -0.3 is 37.0 Å².